The Morgan fingerprint density at radius 3 is 2.30 bits per heavy atom. The van der Waals surface area contributed by atoms with Crippen molar-refractivity contribution in [2.75, 3.05) is 33.4 Å². The number of ether oxygens (including phenoxy) is 1. The number of amides is 1. The van der Waals surface area contributed by atoms with Gasteiger partial charge in [-0.3, -0.25) is 20.4 Å². The van der Waals surface area contributed by atoms with Crippen molar-refractivity contribution in [1.82, 2.24) is 27.0 Å². The largest absolute Gasteiger partial charge is 0.378 e. The molecule has 0 aliphatic rings. The van der Waals surface area contributed by atoms with E-state index in [-0.39, 0.29) is 23.8 Å². The lowest BCUT2D eigenvalue weighted by Crippen LogP contribution is -2.47. The van der Waals surface area contributed by atoms with E-state index in [1.807, 2.05) is 0 Å². The van der Waals surface area contributed by atoms with Gasteiger partial charge in [0.15, 0.2) is 0 Å². The molecule has 0 aromatic heterocycles. The lowest BCUT2D eigenvalue weighted by atomic mass is 10.2. The van der Waals surface area contributed by atoms with Crippen LogP contribution >= 0.6 is 0 Å². The number of carbonyl (C=O) groups is 2. The molecule has 0 heterocycles. The summed E-state index contributed by atoms with van der Waals surface area (Å²) in [6.45, 7) is 7.07. The first-order chi connectivity index (χ1) is 9.49. The summed E-state index contributed by atoms with van der Waals surface area (Å²) in [4.78, 5) is 22.4. The molecule has 20 heavy (non-hydrogen) atoms. The van der Waals surface area contributed by atoms with Crippen molar-refractivity contribution in [2.45, 2.75) is 32.9 Å². The monoisotopic (exact) mass is 289 g/mol. The van der Waals surface area contributed by atoms with Crippen LogP contribution < -0.4 is 27.0 Å². The van der Waals surface area contributed by atoms with Gasteiger partial charge in [0.25, 0.3) is 0 Å². The van der Waals surface area contributed by atoms with Gasteiger partial charge in [-0.05, 0) is 27.8 Å². The Morgan fingerprint density at radius 1 is 1.05 bits per heavy atom. The van der Waals surface area contributed by atoms with Gasteiger partial charge in [0.1, 0.15) is 5.78 Å². The Hall–Kier alpha value is -1.06. The van der Waals surface area contributed by atoms with Crippen LogP contribution in [0.25, 0.3) is 0 Å². The fourth-order valence-electron chi connectivity index (χ4n) is 1.23. The fourth-order valence-corrected chi connectivity index (χ4v) is 1.23. The molecule has 0 rings (SSSR count). The molecule has 8 nitrogen and oxygen atoms in total. The zero-order valence-electron chi connectivity index (χ0n) is 12.7. The van der Waals surface area contributed by atoms with E-state index in [4.69, 9.17) is 4.74 Å². The molecular weight excluding hydrogens is 262 g/mol. The van der Waals surface area contributed by atoms with Crippen LogP contribution in [0.3, 0.4) is 0 Å². The molecule has 118 valence electrons. The minimum atomic E-state index is -0.293. The van der Waals surface area contributed by atoms with Crippen LogP contribution in [-0.4, -0.2) is 57.1 Å². The molecule has 0 radical (unpaired) electrons. The summed E-state index contributed by atoms with van der Waals surface area (Å²) in [6.07, 6.45) is 0. The van der Waals surface area contributed by atoms with Crippen LogP contribution in [0.4, 0.5) is 0 Å². The molecule has 2 atom stereocenters. The average molecular weight is 289 g/mol. The summed E-state index contributed by atoms with van der Waals surface area (Å²) < 4.78 is 5.33. The topological polar surface area (TPSA) is 104 Å². The number of hydrogen-bond donors (Lipinski definition) is 5. The maximum atomic E-state index is 11.5. The molecule has 0 bridgehead atoms. The van der Waals surface area contributed by atoms with E-state index >= 15 is 0 Å². The van der Waals surface area contributed by atoms with Gasteiger partial charge in [0.2, 0.25) is 5.91 Å². The number of ketones is 1. The van der Waals surface area contributed by atoms with Crippen LogP contribution in [0.15, 0.2) is 0 Å². The first kappa shape index (κ1) is 18.9. The Labute approximate surface area is 120 Å². The highest BCUT2D eigenvalue weighted by Crippen LogP contribution is 1.81. The lowest BCUT2D eigenvalue weighted by molar-refractivity contribution is -0.123. The average Bonchev–Trinajstić information content (AvgIpc) is 2.41. The van der Waals surface area contributed by atoms with Crippen molar-refractivity contribution in [1.29, 1.82) is 0 Å². The number of hydrogen-bond acceptors (Lipinski definition) is 7. The van der Waals surface area contributed by atoms with Gasteiger partial charge in [0, 0.05) is 13.1 Å². The SMILES string of the molecule is CNN[C@H](C)C(=O)NCCOCCNN[C@H](C)C(C)=O. The Morgan fingerprint density at radius 2 is 1.70 bits per heavy atom. The van der Waals surface area contributed by atoms with E-state index in [1.54, 1.807) is 20.9 Å². The van der Waals surface area contributed by atoms with Crippen molar-refractivity contribution in [3.05, 3.63) is 0 Å². The van der Waals surface area contributed by atoms with E-state index in [0.29, 0.717) is 26.3 Å². The highest BCUT2D eigenvalue weighted by Gasteiger charge is 2.09. The van der Waals surface area contributed by atoms with Gasteiger partial charge >= 0.3 is 0 Å². The number of rotatable bonds is 12. The zero-order chi connectivity index (χ0) is 15.4. The van der Waals surface area contributed by atoms with Crippen LogP contribution in [-0.2, 0) is 14.3 Å². The molecule has 0 fully saturated rings. The number of carbonyl (C=O) groups excluding carboxylic acids is 2. The van der Waals surface area contributed by atoms with Crippen molar-refractivity contribution in [3.63, 3.8) is 0 Å². The van der Waals surface area contributed by atoms with Crippen molar-refractivity contribution >= 4 is 11.7 Å². The minimum Gasteiger partial charge on any atom is -0.378 e. The Balaban J connectivity index is 3.37. The highest BCUT2D eigenvalue weighted by molar-refractivity contribution is 5.81. The van der Waals surface area contributed by atoms with Crippen LogP contribution in [0.1, 0.15) is 20.8 Å². The number of nitrogens with one attached hydrogen (secondary N) is 5. The predicted molar refractivity (Wildman–Crippen MR) is 76.8 cm³/mol. The molecule has 0 aromatic carbocycles. The fraction of sp³-hybridized carbons (Fsp3) is 0.833. The summed E-state index contributed by atoms with van der Waals surface area (Å²) >= 11 is 0. The van der Waals surface area contributed by atoms with E-state index in [0.717, 1.165) is 0 Å². The Bertz CT molecular complexity index is 288. The third-order valence-corrected chi connectivity index (χ3v) is 2.60. The van der Waals surface area contributed by atoms with Crippen LogP contribution in [0, 0.1) is 0 Å². The molecule has 8 heteroatoms. The normalized spacial score (nSPS) is 13.8. The zero-order valence-corrected chi connectivity index (χ0v) is 12.7. The molecular formula is C12H27N5O3. The molecule has 0 aliphatic heterocycles. The van der Waals surface area contributed by atoms with E-state index in [1.165, 1.54) is 6.92 Å². The standard InChI is InChI=1S/C12H27N5O3/c1-9(11(3)18)17-15-6-8-20-7-5-14-12(19)10(2)16-13-4/h9-10,13,15-17H,5-8H2,1-4H3,(H,14,19)/t9-,10-/m1/s1. The second-order valence-electron chi connectivity index (χ2n) is 4.42. The quantitative estimate of drug-likeness (QED) is 0.216. The lowest BCUT2D eigenvalue weighted by Gasteiger charge is -2.13. The van der Waals surface area contributed by atoms with Crippen molar-refractivity contribution in [2.24, 2.45) is 0 Å². The number of hydrazine groups is 2. The first-order valence-corrected chi connectivity index (χ1v) is 6.75. The molecule has 0 aromatic rings. The van der Waals surface area contributed by atoms with Crippen LogP contribution in [0.2, 0.25) is 0 Å². The highest BCUT2D eigenvalue weighted by atomic mass is 16.5. The molecule has 1 amide bonds. The maximum absolute atomic E-state index is 11.5. The number of Topliss-reactive ketones (excluding diaryl/α,β-unsaturated/α-hetero) is 1. The van der Waals surface area contributed by atoms with Gasteiger partial charge in [-0.15, -0.1) is 0 Å². The molecule has 0 saturated heterocycles. The molecule has 0 spiro atoms. The maximum Gasteiger partial charge on any atom is 0.238 e. The van der Waals surface area contributed by atoms with Gasteiger partial charge < -0.3 is 10.1 Å². The third-order valence-electron chi connectivity index (χ3n) is 2.60. The molecule has 5 N–H and O–H groups in total. The smallest absolute Gasteiger partial charge is 0.238 e. The summed E-state index contributed by atoms with van der Waals surface area (Å²) in [5.41, 5.74) is 11.2. The van der Waals surface area contributed by atoms with Gasteiger partial charge in [-0.25, -0.2) is 10.9 Å². The van der Waals surface area contributed by atoms with E-state index < -0.39 is 0 Å². The molecule has 0 aliphatic carbocycles. The second-order valence-corrected chi connectivity index (χ2v) is 4.42. The van der Waals surface area contributed by atoms with Crippen molar-refractivity contribution < 1.29 is 14.3 Å². The molecule has 0 saturated carbocycles. The van der Waals surface area contributed by atoms with E-state index in [9.17, 15) is 9.59 Å². The van der Waals surface area contributed by atoms with Gasteiger partial charge in [-0.1, -0.05) is 0 Å². The third kappa shape index (κ3) is 9.82. The summed E-state index contributed by atoms with van der Waals surface area (Å²) in [5.74, 6) is -0.0107. The van der Waals surface area contributed by atoms with Gasteiger partial charge in [0.05, 0.1) is 25.3 Å². The Kier molecular flexibility index (Phi) is 11.1. The molecule has 0 unspecified atom stereocenters. The first-order valence-electron chi connectivity index (χ1n) is 6.75. The summed E-state index contributed by atoms with van der Waals surface area (Å²) in [7, 11) is 1.71. The minimum absolute atomic E-state index is 0.0745. The van der Waals surface area contributed by atoms with Gasteiger partial charge in [-0.2, -0.15) is 0 Å². The van der Waals surface area contributed by atoms with Crippen molar-refractivity contribution in [3.8, 4) is 0 Å². The predicted octanol–water partition coefficient (Wildman–Crippen LogP) is -1.70. The van der Waals surface area contributed by atoms with E-state index in [2.05, 4.69) is 27.0 Å². The summed E-state index contributed by atoms with van der Waals surface area (Å²) in [6, 6.07) is -0.505. The second kappa shape index (κ2) is 11.7. The summed E-state index contributed by atoms with van der Waals surface area (Å²) in [5, 5.41) is 2.74. The van der Waals surface area contributed by atoms with Crippen LogP contribution in [0.5, 0.6) is 0 Å².